The van der Waals surface area contributed by atoms with E-state index in [9.17, 15) is 4.79 Å². The molecule has 3 nitrogen and oxygen atoms in total. The van der Waals surface area contributed by atoms with Crippen LogP contribution in [0.5, 0.6) is 0 Å². The van der Waals surface area contributed by atoms with Crippen molar-refractivity contribution in [2.45, 2.75) is 19.8 Å². The SMILES string of the molecule is Cc1ccc(NC(=O)CCc2ccc(C#N)cc2)c(Cl)c1. The molecule has 0 radical (unpaired) electrons. The molecule has 2 rings (SSSR count). The smallest absolute Gasteiger partial charge is 0.224 e. The maximum absolute atomic E-state index is 11.9. The van der Waals surface area contributed by atoms with Crippen LogP contribution in [0.1, 0.15) is 23.1 Å². The maximum Gasteiger partial charge on any atom is 0.224 e. The first-order chi connectivity index (χ1) is 10.1. The van der Waals surface area contributed by atoms with Crippen molar-refractivity contribution in [2.24, 2.45) is 0 Å². The summed E-state index contributed by atoms with van der Waals surface area (Å²) >= 11 is 6.08. The Morgan fingerprint density at radius 2 is 1.95 bits per heavy atom. The molecule has 2 aromatic carbocycles. The van der Waals surface area contributed by atoms with Gasteiger partial charge in [-0.2, -0.15) is 5.26 Å². The van der Waals surface area contributed by atoms with Gasteiger partial charge in [-0.3, -0.25) is 4.79 Å². The zero-order valence-electron chi connectivity index (χ0n) is 11.7. The molecule has 106 valence electrons. The summed E-state index contributed by atoms with van der Waals surface area (Å²) in [5, 5.41) is 12.1. The molecule has 0 fully saturated rings. The second-order valence-electron chi connectivity index (χ2n) is 4.84. The molecule has 0 spiro atoms. The van der Waals surface area contributed by atoms with E-state index in [0.29, 0.717) is 29.1 Å². The van der Waals surface area contributed by atoms with E-state index in [2.05, 4.69) is 11.4 Å². The molecule has 21 heavy (non-hydrogen) atoms. The number of nitrogens with one attached hydrogen (secondary N) is 1. The first kappa shape index (κ1) is 15.1. The van der Waals surface area contributed by atoms with Gasteiger partial charge in [0.2, 0.25) is 5.91 Å². The summed E-state index contributed by atoms with van der Waals surface area (Å²) in [7, 11) is 0. The predicted octanol–water partition coefficient (Wildman–Crippen LogP) is 4.09. The molecule has 0 saturated carbocycles. The molecule has 2 aromatic rings. The predicted molar refractivity (Wildman–Crippen MR) is 84.3 cm³/mol. The molecule has 0 unspecified atom stereocenters. The highest BCUT2D eigenvalue weighted by molar-refractivity contribution is 6.33. The topological polar surface area (TPSA) is 52.9 Å². The lowest BCUT2D eigenvalue weighted by Crippen LogP contribution is -2.12. The highest BCUT2D eigenvalue weighted by Crippen LogP contribution is 2.22. The van der Waals surface area contributed by atoms with Crippen LogP contribution in [0, 0.1) is 18.3 Å². The number of anilines is 1. The van der Waals surface area contributed by atoms with E-state index in [1.54, 1.807) is 18.2 Å². The number of nitriles is 1. The van der Waals surface area contributed by atoms with Gasteiger partial charge in [-0.05, 0) is 48.7 Å². The van der Waals surface area contributed by atoms with E-state index < -0.39 is 0 Å². The molecule has 0 aliphatic rings. The molecule has 0 atom stereocenters. The number of amides is 1. The van der Waals surface area contributed by atoms with Crippen molar-refractivity contribution < 1.29 is 4.79 Å². The average Bonchev–Trinajstić information content (AvgIpc) is 2.48. The zero-order valence-corrected chi connectivity index (χ0v) is 12.4. The molecule has 0 heterocycles. The lowest BCUT2D eigenvalue weighted by atomic mass is 10.1. The van der Waals surface area contributed by atoms with E-state index in [1.807, 2.05) is 31.2 Å². The van der Waals surface area contributed by atoms with Gasteiger partial charge in [0, 0.05) is 6.42 Å². The number of halogens is 1. The lowest BCUT2D eigenvalue weighted by molar-refractivity contribution is -0.116. The van der Waals surface area contributed by atoms with E-state index in [0.717, 1.165) is 11.1 Å². The number of carbonyl (C=O) groups is 1. The normalized spacial score (nSPS) is 9.95. The molecular formula is C17H15ClN2O. The number of carbonyl (C=O) groups excluding carboxylic acids is 1. The van der Waals surface area contributed by atoms with Crippen molar-refractivity contribution in [2.75, 3.05) is 5.32 Å². The van der Waals surface area contributed by atoms with Crippen molar-refractivity contribution in [1.29, 1.82) is 5.26 Å². The average molecular weight is 299 g/mol. The molecule has 1 amide bonds. The molecule has 1 N–H and O–H groups in total. The summed E-state index contributed by atoms with van der Waals surface area (Å²) in [4.78, 5) is 11.9. The van der Waals surface area contributed by atoms with Crippen molar-refractivity contribution in [3.8, 4) is 6.07 Å². The first-order valence-corrected chi connectivity index (χ1v) is 7.01. The highest BCUT2D eigenvalue weighted by Gasteiger charge is 2.06. The van der Waals surface area contributed by atoms with Crippen molar-refractivity contribution in [3.05, 3.63) is 64.2 Å². The standard InChI is InChI=1S/C17H15ClN2O/c1-12-2-8-16(15(18)10-12)20-17(21)9-7-13-3-5-14(11-19)6-4-13/h2-6,8,10H,7,9H2,1H3,(H,20,21). The number of hydrogen-bond acceptors (Lipinski definition) is 2. The van der Waals surface area contributed by atoms with Gasteiger partial charge in [-0.15, -0.1) is 0 Å². The monoisotopic (exact) mass is 298 g/mol. The van der Waals surface area contributed by atoms with Crippen LogP contribution in [-0.4, -0.2) is 5.91 Å². The summed E-state index contributed by atoms with van der Waals surface area (Å²) in [6.07, 6.45) is 0.997. The molecule has 0 aromatic heterocycles. The van der Waals surface area contributed by atoms with Gasteiger partial charge in [-0.25, -0.2) is 0 Å². The molecule has 0 aliphatic carbocycles. The Hall–Kier alpha value is -2.31. The fourth-order valence-corrected chi connectivity index (χ4v) is 2.22. The molecule has 0 saturated heterocycles. The number of hydrogen-bond donors (Lipinski definition) is 1. The molecular weight excluding hydrogens is 284 g/mol. The minimum atomic E-state index is -0.0786. The minimum Gasteiger partial charge on any atom is -0.325 e. The fourth-order valence-electron chi connectivity index (χ4n) is 1.94. The van der Waals surface area contributed by atoms with E-state index >= 15 is 0 Å². The Kier molecular flexibility index (Phi) is 4.97. The van der Waals surface area contributed by atoms with E-state index in [1.165, 1.54) is 0 Å². The second kappa shape index (κ2) is 6.92. The van der Waals surface area contributed by atoms with Crippen LogP contribution in [0.4, 0.5) is 5.69 Å². The maximum atomic E-state index is 11.9. The van der Waals surface area contributed by atoms with Crippen molar-refractivity contribution in [3.63, 3.8) is 0 Å². The summed E-state index contributed by atoms with van der Waals surface area (Å²) in [6.45, 7) is 1.95. The Labute approximate surface area is 129 Å². The van der Waals surface area contributed by atoms with Crippen LogP contribution in [0.15, 0.2) is 42.5 Å². The van der Waals surface area contributed by atoms with Gasteiger partial charge in [-0.1, -0.05) is 29.8 Å². The van der Waals surface area contributed by atoms with Crippen LogP contribution in [0.3, 0.4) is 0 Å². The third kappa shape index (κ3) is 4.34. The van der Waals surface area contributed by atoms with E-state index in [4.69, 9.17) is 16.9 Å². The second-order valence-corrected chi connectivity index (χ2v) is 5.25. The van der Waals surface area contributed by atoms with Gasteiger partial charge in [0.25, 0.3) is 0 Å². The van der Waals surface area contributed by atoms with Crippen LogP contribution in [0.2, 0.25) is 5.02 Å². The molecule has 4 heteroatoms. The van der Waals surface area contributed by atoms with Gasteiger partial charge in [0.1, 0.15) is 0 Å². The van der Waals surface area contributed by atoms with Crippen LogP contribution in [-0.2, 0) is 11.2 Å². The number of nitrogens with zero attached hydrogens (tertiary/aromatic N) is 1. The van der Waals surface area contributed by atoms with E-state index in [-0.39, 0.29) is 5.91 Å². The Balaban J connectivity index is 1.91. The van der Waals surface area contributed by atoms with Crippen LogP contribution >= 0.6 is 11.6 Å². The molecule has 0 bridgehead atoms. The zero-order chi connectivity index (χ0) is 15.2. The Morgan fingerprint density at radius 3 is 2.57 bits per heavy atom. The Morgan fingerprint density at radius 1 is 1.24 bits per heavy atom. The summed E-state index contributed by atoms with van der Waals surface area (Å²) in [6, 6.07) is 14.8. The quantitative estimate of drug-likeness (QED) is 0.924. The summed E-state index contributed by atoms with van der Waals surface area (Å²) in [5.74, 6) is -0.0786. The third-order valence-electron chi connectivity index (χ3n) is 3.12. The van der Waals surface area contributed by atoms with Gasteiger partial charge in [0.05, 0.1) is 22.3 Å². The minimum absolute atomic E-state index is 0.0786. The summed E-state index contributed by atoms with van der Waals surface area (Å²) in [5.41, 5.74) is 3.33. The van der Waals surface area contributed by atoms with Gasteiger partial charge in [0.15, 0.2) is 0 Å². The Bertz CT molecular complexity index is 687. The summed E-state index contributed by atoms with van der Waals surface area (Å²) < 4.78 is 0. The number of aryl methyl sites for hydroxylation is 2. The molecule has 0 aliphatic heterocycles. The van der Waals surface area contributed by atoms with Crippen LogP contribution < -0.4 is 5.32 Å². The first-order valence-electron chi connectivity index (χ1n) is 6.63. The highest BCUT2D eigenvalue weighted by atomic mass is 35.5. The third-order valence-corrected chi connectivity index (χ3v) is 3.44. The van der Waals surface area contributed by atoms with Gasteiger partial charge >= 0.3 is 0 Å². The lowest BCUT2D eigenvalue weighted by Gasteiger charge is -2.08. The largest absolute Gasteiger partial charge is 0.325 e. The number of benzene rings is 2. The van der Waals surface area contributed by atoms with Gasteiger partial charge < -0.3 is 5.32 Å². The van der Waals surface area contributed by atoms with Crippen LogP contribution in [0.25, 0.3) is 0 Å². The number of rotatable bonds is 4. The van der Waals surface area contributed by atoms with Crippen molar-refractivity contribution >= 4 is 23.2 Å². The van der Waals surface area contributed by atoms with Crippen molar-refractivity contribution in [1.82, 2.24) is 0 Å². The fraction of sp³-hybridized carbons (Fsp3) is 0.176.